The Morgan fingerprint density at radius 3 is 2.17 bits per heavy atom. The van der Waals surface area contributed by atoms with Crippen molar-refractivity contribution in [1.29, 1.82) is 0 Å². The predicted molar refractivity (Wildman–Crippen MR) is 67.9 cm³/mol. The van der Waals surface area contributed by atoms with E-state index in [-0.39, 0.29) is 16.5 Å². The molecule has 88 valence electrons. The Kier molecular flexibility index (Phi) is 2.45. The number of hydrogen-bond acceptors (Lipinski definition) is 2. The molecular weight excluding hydrogens is 231 g/mol. The summed E-state index contributed by atoms with van der Waals surface area (Å²) in [6.45, 7) is 0. The standard InChI is InChI=1S/C15H9FO2/c16-13-11-8-4-5-9-12(11)15(17)18-14(13)10-6-2-1-3-7-10/h1-9H. The quantitative estimate of drug-likeness (QED) is 0.650. The van der Waals surface area contributed by atoms with Gasteiger partial charge in [-0.05, 0) is 6.07 Å². The molecule has 0 aliphatic heterocycles. The molecule has 3 aromatic rings. The highest BCUT2D eigenvalue weighted by Gasteiger charge is 2.14. The van der Waals surface area contributed by atoms with Crippen molar-refractivity contribution in [2.45, 2.75) is 0 Å². The normalized spacial score (nSPS) is 10.7. The van der Waals surface area contributed by atoms with Crippen LogP contribution in [0, 0.1) is 5.82 Å². The maximum atomic E-state index is 14.3. The lowest BCUT2D eigenvalue weighted by Gasteiger charge is -2.04. The first-order chi connectivity index (χ1) is 8.77. The molecule has 0 saturated carbocycles. The van der Waals surface area contributed by atoms with E-state index in [1.807, 2.05) is 6.07 Å². The van der Waals surface area contributed by atoms with Gasteiger partial charge in [-0.15, -0.1) is 0 Å². The van der Waals surface area contributed by atoms with E-state index in [0.717, 1.165) is 0 Å². The van der Waals surface area contributed by atoms with Crippen molar-refractivity contribution < 1.29 is 8.81 Å². The van der Waals surface area contributed by atoms with Crippen LogP contribution in [0.4, 0.5) is 4.39 Å². The summed E-state index contributed by atoms with van der Waals surface area (Å²) in [5.74, 6) is -0.518. The second-order valence-corrected chi connectivity index (χ2v) is 3.94. The maximum absolute atomic E-state index is 14.3. The maximum Gasteiger partial charge on any atom is 0.344 e. The van der Waals surface area contributed by atoms with E-state index < -0.39 is 11.4 Å². The van der Waals surface area contributed by atoms with Gasteiger partial charge in [0.2, 0.25) is 0 Å². The summed E-state index contributed by atoms with van der Waals surface area (Å²) in [4.78, 5) is 11.8. The van der Waals surface area contributed by atoms with Crippen LogP contribution in [-0.2, 0) is 0 Å². The van der Waals surface area contributed by atoms with Gasteiger partial charge in [-0.25, -0.2) is 9.18 Å². The molecule has 0 unspecified atom stereocenters. The van der Waals surface area contributed by atoms with E-state index in [9.17, 15) is 9.18 Å². The number of rotatable bonds is 1. The molecular formula is C15H9FO2. The average molecular weight is 240 g/mol. The fourth-order valence-electron chi connectivity index (χ4n) is 1.94. The lowest BCUT2D eigenvalue weighted by atomic mass is 10.1. The van der Waals surface area contributed by atoms with Gasteiger partial charge >= 0.3 is 5.63 Å². The molecule has 2 aromatic carbocycles. The van der Waals surface area contributed by atoms with Gasteiger partial charge in [0.05, 0.1) is 5.39 Å². The van der Waals surface area contributed by atoms with Crippen LogP contribution in [0.1, 0.15) is 0 Å². The predicted octanol–water partition coefficient (Wildman–Crippen LogP) is 3.60. The van der Waals surface area contributed by atoms with Gasteiger partial charge in [-0.3, -0.25) is 0 Å². The fourth-order valence-corrected chi connectivity index (χ4v) is 1.94. The summed E-state index contributed by atoms with van der Waals surface area (Å²) < 4.78 is 19.4. The average Bonchev–Trinajstić information content (AvgIpc) is 2.44. The van der Waals surface area contributed by atoms with Crippen LogP contribution in [0.5, 0.6) is 0 Å². The van der Waals surface area contributed by atoms with Crippen LogP contribution in [0.3, 0.4) is 0 Å². The molecule has 0 aliphatic carbocycles. The molecule has 0 spiro atoms. The van der Waals surface area contributed by atoms with Crippen LogP contribution in [0.15, 0.2) is 63.8 Å². The molecule has 3 heteroatoms. The summed E-state index contributed by atoms with van der Waals surface area (Å²) in [5, 5.41) is 0.544. The Morgan fingerprint density at radius 1 is 0.833 bits per heavy atom. The lowest BCUT2D eigenvalue weighted by Crippen LogP contribution is -2.03. The van der Waals surface area contributed by atoms with Crippen LogP contribution >= 0.6 is 0 Å². The Bertz CT molecular complexity index is 760. The molecule has 0 bridgehead atoms. The molecule has 3 rings (SSSR count). The van der Waals surface area contributed by atoms with E-state index in [2.05, 4.69) is 0 Å². The largest absolute Gasteiger partial charge is 0.419 e. The third-order valence-electron chi connectivity index (χ3n) is 2.81. The third kappa shape index (κ3) is 1.61. The zero-order valence-corrected chi connectivity index (χ0v) is 9.39. The summed E-state index contributed by atoms with van der Waals surface area (Å²) in [7, 11) is 0. The summed E-state index contributed by atoms with van der Waals surface area (Å²) in [6.07, 6.45) is 0. The van der Waals surface area contributed by atoms with Crippen LogP contribution in [0.25, 0.3) is 22.1 Å². The molecule has 2 nitrogen and oxygen atoms in total. The van der Waals surface area contributed by atoms with E-state index in [1.165, 1.54) is 0 Å². The van der Waals surface area contributed by atoms with Crippen LogP contribution < -0.4 is 5.63 Å². The zero-order chi connectivity index (χ0) is 12.5. The number of fused-ring (bicyclic) bond motifs is 1. The van der Waals surface area contributed by atoms with Gasteiger partial charge in [-0.2, -0.15) is 0 Å². The van der Waals surface area contributed by atoms with Gasteiger partial charge in [0, 0.05) is 10.9 Å². The summed E-state index contributed by atoms with van der Waals surface area (Å²) in [6, 6.07) is 15.3. The molecule has 0 atom stereocenters. The van der Waals surface area contributed by atoms with Crippen molar-refractivity contribution in [3.63, 3.8) is 0 Å². The monoisotopic (exact) mass is 240 g/mol. The first kappa shape index (κ1) is 10.7. The van der Waals surface area contributed by atoms with Crippen molar-refractivity contribution in [3.8, 4) is 11.3 Å². The minimum atomic E-state index is -0.522. The van der Waals surface area contributed by atoms with Gasteiger partial charge < -0.3 is 4.42 Å². The second kappa shape index (κ2) is 4.11. The van der Waals surface area contributed by atoms with Gasteiger partial charge in [-0.1, -0.05) is 48.5 Å². The first-order valence-corrected chi connectivity index (χ1v) is 5.54. The van der Waals surface area contributed by atoms with Crippen molar-refractivity contribution in [2.75, 3.05) is 0 Å². The molecule has 0 fully saturated rings. The SMILES string of the molecule is O=c1oc(-c2ccccc2)c(F)c2ccccc12. The van der Waals surface area contributed by atoms with Crippen LogP contribution in [-0.4, -0.2) is 0 Å². The molecule has 0 saturated heterocycles. The molecule has 0 N–H and O–H groups in total. The second-order valence-electron chi connectivity index (χ2n) is 3.94. The van der Waals surface area contributed by atoms with Crippen molar-refractivity contribution in [2.24, 2.45) is 0 Å². The van der Waals surface area contributed by atoms with E-state index >= 15 is 0 Å². The van der Waals surface area contributed by atoms with Crippen molar-refractivity contribution in [1.82, 2.24) is 0 Å². The molecule has 0 aliphatic rings. The number of benzene rings is 2. The van der Waals surface area contributed by atoms with E-state index in [4.69, 9.17) is 4.42 Å². The Morgan fingerprint density at radius 2 is 1.44 bits per heavy atom. The summed E-state index contributed by atoms with van der Waals surface area (Å²) >= 11 is 0. The fraction of sp³-hybridized carbons (Fsp3) is 0. The number of halogens is 1. The highest BCUT2D eigenvalue weighted by Crippen LogP contribution is 2.26. The van der Waals surface area contributed by atoms with Crippen LogP contribution in [0.2, 0.25) is 0 Å². The highest BCUT2D eigenvalue weighted by atomic mass is 19.1. The highest BCUT2D eigenvalue weighted by molar-refractivity contribution is 5.84. The summed E-state index contributed by atoms with van der Waals surface area (Å²) in [5.41, 5.74) is 0.0312. The lowest BCUT2D eigenvalue weighted by molar-refractivity contribution is 0.493. The van der Waals surface area contributed by atoms with Gasteiger partial charge in [0.1, 0.15) is 0 Å². The molecule has 0 amide bonds. The van der Waals surface area contributed by atoms with Gasteiger partial charge in [0.15, 0.2) is 11.6 Å². The van der Waals surface area contributed by atoms with Crippen molar-refractivity contribution >= 4 is 10.8 Å². The minimum absolute atomic E-state index is 0.0145. The zero-order valence-electron chi connectivity index (χ0n) is 9.39. The molecule has 1 heterocycles. The topological polar surface area (TPSA) is 30.2 Å². The van der Waals surface area contributed by atoms with E-state index in [0.29, 0.717) is 5.56 Å². The smallest absolute Gasteiger partial charge is 0.344 e. The minimum Gasteiger partial charge on any atom is -0.419 e. The van der Waals surface area contributed by atoms with E-state index in [1.54, 1.807) is 48.5 Å². The Balaban J connectivity index is 2.39. The number of hydrogen-bond donors (Lipinski definition) is 0. The Hall–Kier alpha value is -2.42. The molecule has 1 aromatic heterocycles. The van der Waals surface area contributed by atoms with Gasteiger partial charge in [0.25, 0.3) is 0 Å². The molecule has 0 radical (unpaired) electrons. The molecule has 18 heavy (non-hydrogen) atoms. The third-order valence-corrected chi connectivity index (χ3v) is 2.81. The first-order valence-electron chi connectivity index (χ1n) is 5.54. The van der Waals surface area contributed by atoms with Crippen molar-refractivity contribution in [3.05, 3.63) is 70.8 Å². The Labute approximate surface area is 102 Å².